The number of carbonyl (C=O) groups is 1. The number of nitrogens with one attached hydrogen (secondary N) is 1. The Hall–Kier alpha value is -2.60. The highest BCUT2D eigenvalue weighted by Crippen LogP contribution is 2.13. The molecular weight excluding hydrogens is 248 g/mol. The molecule has 100 valence electrons. The molecule has 1 amide bonds. The number of nitriles is 1. The maximum absolute atomic E-state index is 12.1. The molecule has 0 fully saturated rings. The normalized spacial score (nSPS) is 11.4. The third-order valence-electron chi connectivity index (χ3n) is 3.04. The lowest BCUT2D eigenvalue weighted by atomic mass is 9.98. The Kier molecular flexibility index (Phi) is 4.52. The maximum Gasteiger partial charge on any atom is 0.242 e. The summed E-state index contributed by atoms with van der Waals surface area (Å²) in [7, 11) is 0. The van der Waals surface area contributed by atoms with Crippen molar-refractivity contribution in [3.05, 3.63) is 65.7 Å². The van der Waals surface area contributed by atoms with Crippen LogP contribution in [-0.4, -0.2) is 5.91 Å². The summed E-state index contributed by atoms with van der Waals surface area (Å²) in [5, 5.41) is 12.0. The van der Waals surface area contributed by atoms with Gasteiger partial charge in [-0.1, -0.05) is 48.0 Å². The molecule has 0 aliphatic heterocycles. The zero-order chi connectivity index (χ0) is 14.4. The van der Waals surface area contributed by atoms with Gasteiger partial charge in [-0.3, -0.25) is 4.79 Å². The van der Waals surface area contributed by atoms with Gasteiger partial charge in [-0.25, -0.2) is 0 Å². The molecule has 0 bridgehead atoms. The number of para-hydroxylation sites is 1. The van der Waals surface area contributed by atoms with Gasteiger partial charge < -0.3 is 5.32 Å². The molecule has 0 saturated heterocycles. The lowest BCUT2D eigenvalue weighted by Crippen LogP contribution is -2.23. The highest BCUT2D eigenvalue weighted by Gasteiger charge is 2.18. The second-order valence-electron chi connectivity index (χ2n) is 4.73. The van der Waals surface area contributed by atoms with E-state index in [4.69, 9.17) is 0 Å². The van der Waals surface area contributed by atoms with Gasteiger partial charge in [0.1, 0.15) is 5.92 Å². The first kappa shape index (κ1) is 13.8. The molecule has 0 aliphatic carbocycles. The molecule has 1 atom stereocenters. The minimum absolute atomic E-state index is 0.264. The molecular formula is C17H16N2O. The fourth-order valence-electron chi connectivity index (χ4n) is 2.02. The highest BCUT2D eigenvalue weighted by molar-refractivity contribution is 5.94. The first-order chi connectivity index (χ1) is 9.69. The number of amides is 1. The lowest BCUT2D eigenvalue weighted by molar-refractivity contribution is -0.118. The van der Waals surface area contributed by atoms with Crippen molar-refractivity contribution in [2.75, 3.05) is 5.32 Å². The molecule has 1 N–H and O–H groups in total. The lowest BCUT2D eigenvalue weighted by Gasteiger charge is -2.10. The molecule has 2 rings (SSSR count). The van der Waals surface area contributed by atoms with E-state index < -0.39 is 5.92 Å². The molecule has 2 aromatic carbocycles. The van der Waals surface area contributed by atoms with E-state index in [9.17, 15) is 10.1 Å². The number of nitrogens with zero attached hydrogens (tertiary/aromatic N) is 1. The predicted molar refractivity (Wildman–Crippen MR) is 79.1 cm³/mol. The van der Waals surface area contributed by atoms with Crippen LogP contribution >= 0.6 is 0 Å². The van der Waals surface area contributed by atoms with Crippen LogP contribution in [0.25, 0.3) is 0 Å². The Morgan fingerprint density at radius 1 is 1.20 bits per heavy atom. The average Bonchev–Trinajstić information content (AvgIpc) is 2.46. The zero-order valence-electron chi connectivity index (χ0n) is 11.3. The summed E-state index contributed by atoms with van der Waals surface area (Å²) in [6.45, 7) is 1.99. The summed E-state index contributed by atoms with van der Waals surface area (Å²) < 4.78 is 0. The predicted octanol–water partition coefficient (Wildman–Crippen LogP) is 3.32. The Balaban J connectivity index is 2.05. The van der Waals surface area contributed by atoms with E-state index in [0.29, 0.717) is 12.1 Å². The molecule has 0 radical (unpaired) electrons. The summed E-state index contributed by atoms with van der Waals surface area (Å²) in [6.07, 6.45) is 0.427. The van der Waals surface area contributed by atoms with Crippen LogP contribution in [0, 0.1) is 24.2 Å². The Morgan fingerprint density at radius 3 is 2.60 bits per heavy atom. The van der Waals surface area contributed by atoms with Gasteiger partial charge >= 0.3 is 0 Å². The van der Waals surface area contributed by atoms with Gasteiger partial charge in [0.15, 0.2) is 0 Å². The second kappa shape index (κ2) is 6.53. The van der Waals surface area contributed by atoms with E-state index in [1.807, 2.05) is 49.4 Å². The molecule has 20 heavy (non-hydrogen) atoms. The number of benzene rings is 2. The van der Waals surface area contributed by atoms with Crippen molar-refractivity contribution in [1.82, 2.24) is 0 Å². The van der Waals surface area contributed by atoms with Crippen LogP contribution in [0.1, 0.15) is 11.1 Å². The first-order valence-electron chi connectivity index (χ1n) is 6.50. The number of aryl methyl sites for hydroxylation is 1. The van der Waals surface area contributed by atoms with E-state index in [1.165, 1.54) is 0 Å². The standard InChI is InChI=1S/C17H16N2O/c1-13-6-5-7-14(10-13)11-15(12-18)17(20)19-16-8-3-2-4-9-16/h2-10,15H,11H2,1H3,(H,19,20). The van der Waals surface area contributed by atoms with Crippen LogP contribution in [0.3, 0.4) is 0 Å². The minimum Gasteiger partial charge on any atom is -0.325 e. The summed E-state index contributed by atoms with van der Waals surface area (Å²) >= 11 is 0. The molecule has 0 aliphatic rings. The molecule has 0 saturated carbocycles. The van der Waals surface area contributed by atoms with Crippen LogP contribution in [0.2, 0.25) is 0 Å². The van der Waals surface area contributed by atoms with Gasteiger partial charge in [0.2, 0.25) is 5.91 Å². The largest absolute Gasteiger partial charge is 0.325 e. The smallest absolute Gasteiger partial charge is 0.242 e. The topological polar surface area (TPSA) is 52.9 Å². The molecule has 0 aromatic heterocycles. The quantitative estimate of drug-likeness (QED) is 0.921. The number of rotatable bonds is 4. The fraction of sp³-hybridized carbons (Fsp3) is 0.176. The van der Waals surface area contributed by atoms with Gasteiger partial charge in [-0.05, 0) is 31.0 Å². The number of hydrogen-bond acceptors (Lipinski definition) is 2. The summed E-state index contributed by atoms with van der Waals surface area (Å²) in [5.74, 6) is -0.947. The van der Waals surface area contributed by atoms with Crippen LogP contribution in [0.15, 0.2) is 54.6 Å². The number of anilines is 1. The Labute approximate surface area is 118 Å². The second-order valence-corrected chi connectivity index (χ2v) is 4.73. The van der Waals surface area contributed by atoms with Crippen molar-refractivity contribution < 1.29 is 4.79 Å². The van der Waals surface area contributed by atoms with E-state index in [0.717, 1.165) is 11.1 Å². The minimum atomic E-state index is -0.683. The van der Waals surface area contributed by atoms with Crippen molar-refractivity contribution in [1.29, 1.82) is 5.26 Å². The van der Waals surface area contributed by atoms with Crippen molar-refractivity contribution in [3.63, 3.8) is 0 Å². The molecule has 3 nitrogen and oxygen atoms in total. The van der Waals surface area contributed by atoms with Crippen LogP contribution in [-0.2, 0) is 11.2 Å². The van der Waals surface area contributed by atoms with Crippen molar-refractivity contribution in [2.45, 2.75) is 13.3 Å². The molecule has 0 spiro atoms. The van der Waals surface area contributed by atoms with E-state index in [1.54, 1.807) is 12.1 Å². The maximum atomic E-state index is 12.1. The molecule has 1 unspecified atom stereocenters. The fourth-order valence-corrected chi connectivity index (χ4v) is 2.02. The molecule has 2 aromatic rings. The third kappa shape index (κ3) is 3.69. The van der Waals surface area contributed by atoms with Gasteiger partial charge in [-0.2, -0.15) is 5.26 Å². The summed E-state index contributed by atoms with van der Waals surface area (Å²) in [5.41, 5.74) is 2.84. The van der Waals surface area contributed by atoms with Gasteiger partial charge in [0.25, 0.3) is 0 Å². The Morgan fingerprint density at radius 2 is 1.95 bits per heavy atom. The third-order valence-corrected chi connectivity index (χ3v) is 3.04. The van der Waals surface area contributed by atoms with Gasteiger partial charge in [-0.15, -0.1) is 0 Å². The van der Waals surface area contributed by atoms with Crippen molar-refractivity contribution in [3.8, 4) is 6.07 Å². The monoisotopic (exact) mass is 264 g/mol. The number of hydrogen-bond donors (Lipinski definition) is 1. The molecule has 0 heterocycles. The van der Waals surface area contributed by atoms with Crippen molar-refractivity contribution in [2.24, 2.45) is 5.92 Å². The Bertz CT molecular complexity index is 629. The summed E-state index contributed by atoms with van der Waals surface area (Å²) in [4.78, 5) is 12.1. The van der Waals surface area contributed by atoms with Crippen molar-refractivity contribution >= 4 is 11.6 Å². The van der Waals surface area contributed by atoms with E-state index in [2.05, 4.69) is 11.4 Å². The summed E-state index contributed by atoms with van der Waals surface area (Å²) in [6, 6.07) is 19.1. The average molecular weight is 264 g/mol. The number of carbonyl (C=O) groups excluding carboxylic acids is 1. The highest BCUT2D eigenvalue weighted by atomic mass is 16.1. The SMILES string of the molecule is Cc1cccc(CC(C#N)C(=O)Nc2ccccc2)c1. The van der Waals surface area contributed by atoms with E-state index >= 15 is 0 Å². The van der Waals surface area contributed by atoms with Crippen LogP contribution in [0.4, 0.5) is 5.69 Å². The van der Waals surface area contributed by atoms with Gasteiger partial charge in [0, 0.05) is 5.69 Å². The van der Waals surface area contributed by atoms with Crippen LogP contribution in [0.5, 0.6) is 0 Å². The van der Waals surface area contributed by atoms with Gasteiger partial charge in [0.05, 0.1) is 6.07 Å². The molecule has 3 heteroatoms. The van der Waals surface area contributed by atoms with Crippen LogP contribution < -0.4 is 5.32 Å². The first-order valence-corrected chi connectivity index (χ1v) is 6.50. The van der Waals surface area contributed by atoms with E-state index in [-0.39, 0.29) is 5.91 Å². The zero-order valence-corrected chi connectivity index (χ0v) is 11.3.